The Morgan fingerprint density at radius 1 is 0.880 bits per heavy atom. The van der Waals surface area contributed by atoms with Gasteiger partial charge in [0.25, 0.3) is 0 Å². The fourth-order valence-corrected chi connectivity index (χ4v) is 4.56. The lowest BCUT2D eigenvalue weighted by atomic mass is 10.2. The van der Waals surface area contributed by atoms with Crippen LogP contribution in [0.15, 0.2) is 58.3 Å². The number of benzene rings is 2. The molecule has 2 aromatic carbocycles. The zero-order valence-electron chi connectivity index (χ0n) is 14.0. The van der Waals surface area contributed by atoms with Gasteiger partial charge in [-0.2, -0.15) is 5.10 Å². The van der Waals surface area contributed by atoms with Crippen LogP contribution in [0.4, 0.5) is 0 Å². The summed E-state index contributed by atoms with van der Waals surface area (Å²) in [6.07, 6.45) is 0. The summed E-state index contributed by atoms with van der Waals surface area (Å²) >= 11 is 15.9. The summed E-state index contributed by atoms with van der Waals surface area (Å²) < 4.78 is 1.75. The van der Waals surface area contributed by atoms with Crippen molar-refractivity contribution in [1.29, 1.82) is 0 Å². The van der Waals surface area contributed by atoms with Crippen LogP contribution in [0.3, 0.4) is 0 Å². The van der Waals surface area contributed by atoms with Crippen molar-refractivity contribution in [2.45, 2.75) is 28.2 Å². The van der Waals surface area contributed by atoms with E-state index in [0.717, 1.165) is 27.8 Å². The van der Waals surface area contributed by atoms with Crippen LogP contribution in [0.25, 0.3) is 0 Å². The number of aryl methyl sites for hydroxylation is 2. The van der Waals surface area contributed by atoms with E-state index in [-0.39, 0.29) is 0 Å². The van der Waals surface area contributed by atoms with Crippen molar-refractivity contribution in [2.75, 3.05) is 0 Å². The van der Waals surface area contributed by atoms with E-state index in [4.69, 9.17) is 23.2 Å². The third kappa shape index (κ3) is 4.98. The Morgan fingerprint density at radius 3 is 2.08 bits per heavy atom. The van der Waals surface area contributed by atoms with Crippen molar-refractivity contribution in [3.05, 3.63) is 75.5 Å². The fourth-order valence-electron chi connectivity index (χ4n) is 2.33. The van der Waals surface area contributed by atoms with Crippen LogP contribution in [0.2, 0.25) is 10.2 Å². The third-order valence-electron chi connectivity index (χ3n) is 3.75. The van der Waals surface area contributed by atoms with E-state index < -0.39 is 0 Å². The van der Waals surface area contributed by atoms with Gasteiger partial charge >= 0.3 is 0 Å². The Labute approximate surface area is 166 Å². The Bertz CT molecular complexity index is 843. The molecule has 1 heterocycles. The molecular weight excluding hydrogens is 391 g/mol. The minimum atomic E-state index is 0.709. The summed E-state index contributed by atoms with van der Waals surface area (Å²) in [4.78, 5) is 2.41. The van der Waals surface area contributed by atoms with Gasteiger partial charge in [0.05, 0.1) is 5.69 Å². The van der Waals surface area contributed by atoms with Gasteiger partial charge in [-0.05, 0) is 43.3 Å². The van der Waals surface area contributed by atoms with Crippen molar-refractivity contribution in [2.24, 2.45) is 7.05 Å². The molecule has 130 valence electrons. The molecule has 0 atom stereocenters. The van der Waals surface area contributed by atoms with E-state index in [1.165, 1.54) is 15.4 Å². The summed E-state index contributed by atoms with van der Waals surface area (Å²) in [5, 5.41) is 6.06. The Morgan fingerprint density at radius 2 is 1.44 bits per heavy atom. The van der Waals surface area contributed by atoms with Gasteiger partial charge in [0, 0.05) is 38.9 Å². The van der Waals surface area contributed by atoms with Crippen LogP contribution < -0.4 is 0 Å². The average molecular weight is 409 g/mol. The predicted octanol–water partition coefficient (Wildman–Crippen LogP) is 6.62. The molecule has 0 bridgehead atoms. The molecular formula is C19H18Cl2N2S2. The second-order valence-corrected chi connectivity index (χ2v) is 8.58. The minimum Gasteiger partial charge on any atom is -0.256 e. The smallest absolute Gasteiger partial charge is 0.131 e. The molecule has 6 heteroatoms. The van der Waals surface area contributed by atoms with Crippen molar-refractivity contribution in [3.8, 4) is 0 Å². The zero-order valence-corrected chi connectivity index (χ0v) is 17.1. The van der Waals surface area contributed by atoms with E-state index in [1.807, 2.05) is 31.3 Å². The highest BCUT2D eigenvalue weighted by Crippen LogP contribution is 2.32. The highest BCUT2D eigenvalue weighted by Gasteiger charge is 2.15. The molecule has 3 rings (SSSR count). The first-order valence-electron chi connectivity index (χ1n) is 7.81. The number of thioether (sulfide) groups is 2. The van der Waals surface area contributed by atoms with Crippen molar-refractivity contribution < 1.29 is 0 Å². The van der Waals surface area contributed by atoms with Gasteiger partial charge in [-0.3, -0.25) is 4.68 Å². The maximum absolute atomic E-state index is 6.46. The van der Waals surface area contributed by atoms with Gasteiger partial charge < -0.3 is 0 Å². The molecule has 0 fully saturated rings. The maximum Gasteiger partial charge on any atom is 0.131 e. The Hall–Kier alpha value is -1.07. The van der Waals surface area contributed by atoms with Crippen LogP contribution in [0.1, 0.15) is 16.8 Å². The van der Waals surface area contributed by atoms with Gasteiger partial charge in [0.1, 0.15) is 5.15 Å². The largest absolute Gasteiger partial charge is 0.256 e. The first kappa shape index (κ1) is 18.7. The topological polar surface area (TPSA) is 17.8 Å². The molecule has 3 aromatic rings. The van der Waals surface area contributed by atoms with E-state index in [9.17, 15) is 0 Å². The summed E-state index contributed by atoms with van der Waals surface area (Å²) in [6.45, 7) is 2.10. The molecule has 25 heavy (non-hydrogen) atoms. The summed E-state index contributed by atoms with van der Waals surface area (Å²) in [7, 11) is 1.89. The van der Waals surface area contributed by atoms with Gasteiger partial charge in [0.15, 0.2) is 0 Å². The summed E-state index contributed by atoms with van der Waals surface area (Å²) in [6, 6.07) is 16.4. The van der Waals surface area contributed by atoms with Crippen molar-refractivity contribution in [1.82, 2.24) is 9.78 Å². The summed E-state index contributed by atoms with van der Waals surface area (Å²) in [5.74, 6) is 1.60. The van der Waals surface area contributed by atoms with E-state index >= 15 is 0 Å². The van der Waals surface area contributed by atoms with Crippen LogP contribution in [0, 0.1) is 6.92 Å². The number of aromatic nitrogens is 2. The summed E-state index contributed by atoms with van der Waals surface area (Å²) in [5.41, 5.74) is 3.41. The van der Waals surface area contributed by atoms with Gasteiger partial charge in [-0.1, -0.05) is 40.9 Å². The SMILES string of the molecule is Cc1ccc(SCc2nn(C)c(Cl)c2CSc2ccc(Cl)cc2)cc1. The quantitative estimate of drug-likeness (QED) is 0.426. The van der Waals surface area contributed by atoms with Crippen molar-refractivity contribution >= 4 is 46.7 Å². The lowest BCUT2D eigenvalue weighted by Gasteiger charge is -2.05. The monoisotopic (exact) mass is 408 g/mol. The minimum absolute atomic E-state index is 0.709. The van der Waals surface area contributed by atoms with E-state index in [0.29, 0.717) is 5.15 Å². The van der Waals surface area contributed by atoms with Gasteiger partial charge in [-0.25, -0.2) is 0 Å². The molecule has 0 radical (unpaired) electrons. The second-order valence-electron chi connectivity index (χ2n) is 5.68. The van der Waals surface area contributed by atoms with Gasteiger partial charge in [-0.15, -0.1) is 23.5 Å². The molecule has 0 saturated heterocycles. The molecule has 2 nitrogen and oxygen atoms in total. The highest BCUT2D eigenvalue weighted by atomic mass is 35.5. The van der Waals surface area contributed by atoms with E-state index in [1.54, 1.807) is 28.2 Å². The molecule has 0 spiro atoms. The molecule has 0 aliphatic carbocycles. The zero-order chi connectivity index (χ0) is 17.8. The normalized spacial score (nSPS) is 11.0. The molecule has 0 aliphatic rings. The van der Waals surface area contributed by atoms with Gasteiger partial charge in [0.2, 0.25) is 0 Å². The van der Waals surface area contributed by atoms with Crippen LogP contribution in [-0.2, 0) is 18.6 Å². The Kier molecular flexibility index (Phi) is 6.39. The number of halogens is 2. The number of rotatable bonds is 6. The molecule has 1 aromatic heterocycles. The highest BCUT2D eigenvalue weighted by molar-refractivity contribution is 7.99. The lowest BCUT2D eigenvalue weighted by Crippen LogP contribution is -1.91. The lowest BCUT2D eigenvalue weighted by molar-refractivity contribution is 0.755. The maximum atomic E-state index is 6.46. The molecule has 0 saturated carbocycles. The third-order valence-corrected chi connectivity index (χ3v) is 6.53. The molecule has 0 unspecified atom stereocenters. The standard InChI is InChI=1S/C19H18Cl2N2S2/c1-13-3-7-15(8-4-13)25-12-18-17(19(21)23(2)22-18)11-24-16-9-5-14(20)6-10-16/h3-10H,11-12H2,1-2H3. The average Bonchev–Trinajstić information content (AvgIpc) is 2.88. The number of nitrogens with zero attached hydrogens (tertiary/aromatic N) is 2. The number of hydrogen-bond acceptors (Lipinski definition) is 3. The fraction of sp³-hybridized carbons (Fsp3) is 0.211. The van der Waals surface area contributed by atoms with Crippen molar-refractivity contribution in [3.63, 3.8) is 0 Å². The predicted molar refractivity (Wildman–Crippen MR) is 110 cm³/mol. The molecule has 0 N–H and O–H groups in total. The Balaban J connectivity index is 1.70. The second kappa shape index (κ2) is 8.54. The first-order valence-corrected chi connectivity index (χ1v) is 10.5. The van der Waals surface area contributed by atoms with Crippen LogP contribution in [0.5, 0.6) is 0 Å². The molecule has 0 aliphatic heterocycles. The first-order chi connectivity index (χ1) is 12.0. The number of hydrogen-bond donors (Lipinski definition) is 0. The molecule has 0 amide bonds. The van der Waals surface area contributed by atoms with E-state index in [2.05, 4.69) is 36.3 Å². The van der Waals surface area contributed by atoms with Crippen LogP contribution in [-0.4, -0.2) is 9.78 Å². The van der Waals surface area contributed by atoms with Crippen LogP contribution >= 0.6 is 46.7 Å².